The zero-order valence-electron chi connectivity index (χ0n) is 11.3. The lowest BCUT2D eigenvalue weighted by Gasteiger charge is -2.46. The molecule has 2 aliphatic rings. The number of methoxy groups -OCH3 is 1. The minimum Gasteiger partial charge on any atom is -0.371 e. The van der Waals surface area contributed by atoms with Crippen molar-refractivity contribution in [2.24, 2.45) is 0 Å². The molecule has 1 aromatic carbocycles. The van der Waals surface area contributed by atoms with Crippen molar-refractivity contribution in [1.82, 2.24) is 10.3 Å². The predicted molar refractivity (Wildman–Crippen MR) is 76.3 cm³/mol. The van der Waals surface area contributed by atoms with E-state index in [-0.39, 0.29) is 6.04 Å². The maximum Gasteiger partial charge on any atom is 0.125 e. The van der Waals surface area contributed by atoms with Crippen molar-refractivity contribution in [2.75, 3.05) is 13.7 Å². The summed E-state index contributed by atoms with van der Waals surface area (Å²) in [5.41, 5.74) is 3.91. The molecule has 2 N–H and O–H groups in total. The number of ether oxygens (including phenoxy) is 1. The Kier molecular flexibility index (Phi) is 2.42. The number of aromatic nitrogens is 1. The van der Waals surface area contributed by atoms with Gasteiger partial charge in [0.1, 0.15) is 11.5 Å². The van der Waals surface area contributed by atoms with Gasteiger partial charge in [-0.3, -0.25) is 0 Å². The van der Waals surface area contributed by atoms with E-state index in [0.717, 1.165) is 17.5 Å². The maximum absolute atomic E-state index is 11.1. The van der Waals surface area contributed by atoms with E-state index < -0.39 is 5.60 Å². The normalized spacial score (nSPS) is 28.2. The second-order valence-corrected chi connectivity index (χ2v) is 5.66. The lowest BCUT2D eigenvalue weighted by molar-refractivity contribution is -0.0554. The summed E-state index contributed by atoms with van der Waals surface area (Å²) >= 11 is 0. The fourth-order valence-electron chi connectivity index (χ4n) is 3.82. The van der Waals surface area contributed by atoms with Crippen LogP contribution in [0, 0.1) is 0 Å². The number of benzene rings is 1. The Hall–Kier alpha value is -1.87. The highest BCUT2D eigenvalue weighted by molar-refractivity contribution is 5.89. The summed E-state index contributed by atoms with van der Waals surface area (Å²) in [5.74, 6) is 2.06. The zero-order valence-corrected chi connectivity index (χ0v) is 11.3. The fourth-order valence-corrected chi connectivity index (χ4v) is 3.82. The average molecular weight is 268 g/mol. The average Bonchev–Trinajstić information content (AvgIpc) is 2.92. The molecule has 0 unspecified atom stereocenters. The van der Waals surface area contributed by atoms with E-state index in [2.05, 4.69) is 34.6 Å². The van der Waals surface area contributed by atoms with Gasteiger partial charge >= 0.3 is 0 Å². The van der Waals surface area contributed by atoms with Crippen LogP contribution in [-0.2, 0) is 21.6 Å². The lowest BCUT2D eigenvalue weighted by Crippen LogP contribution is -2.57. The van der Waals surface area contributed by atoms with Gasteiger partial charge in [-0.2, -0.15) is 0 Å². The molecule has 1 saturated heterocycles. The molecule has 0 bridgehead atoms. The SMILES string of the molecule is CO[C@]12CC(=C=O)CN[C@@H]1Cc1c[nH]c3cccc2c13. The van der Waals surface area contributed by atoms with E-state index in [1.54, 1.807) is 7.11 Å². The van der Waals surface area contributed by atoms with Crippen LogP contribution in [0.25, 0.3) is 10.9 Å². The van der Waals surface area contributed by atoms with Crippen LogP contribution in [0.2, 0.25) is 0 Å². The van der Waals surface area contributed by atoms with E-state index in [1.807, 2.05) is 6.07 Å². The minimum absolute atomic E-state index is 0.193. The third-order valence-electron chi connectivity index (χ3n) is 4.78. The summed E-state index contributed by atoms with van der Waals surface area (Å²) < 4.78 is 5.96. The predicted octanol–water partition coefficient (Wildman–Crippen LogP) is 1.69. The van der Waals surface area contributed by atoms with Crippen molar-refractivity contribution < 1.29 is 9.53 Å². The summed E-state index contributed by atoms with van der Waals surface area (Å²) in [5, 5.41) is 4.70. The highest BCUT2D eigenvalue weighted by Gasteiger charge is 2.48. The summed E-state index contributed by atoms with van der Waals surface area (Å²) in [6.07, 6.45) is 3.62. The molecule has 102 valence electrons. The molecule has 4 nitrogen and oxygen atoms in total. The number of piperidine rings is 1. The molecule has 1 fully saturated rings. The van der Waals surface area contributed by atoms with Gasteiger partial charge in [0.2, 0.25) is 0 Å². The van der Waals surface area contributed by atoms with Crippen molar-refractivity contribution >= 4 is 16.8 Å². The molecule has 0 spiro atoms. The number of fused-ring (bicyclic) bond motifs is 2. The second kappa shape index (κ2) is 4.06. The molecular formula is C16H16N2O2. The Morgan fingerprint density at radius 3 is 3.15 bits per heavy atom. The van der Waals surface area contributed by atoms with Gasteiger partial charge in [0.05, 0.1) is 0 Å². The molecular weight excluding hydrogens is 252 g/mol. The standard InChI is InChI=1S/C16H16N2O2/c1-20-16-6-10(9-19)7-18-14(16)5-11-8-17-13-4-2-3-12(16)15(11)13/h2-4,8,14,17-18H,5-7H2,1H3/t14-,16+/m1/s1. The Morgan fingerprint density at radius 1 is 1.45 bits per heavy atom. The minimum atomic E-state index is -0.459. The number of carbonyl (C=O) groups excluding carboxylic acids is 1. The summed E-state index contributed by atoms with van der Waals surface area (Å²) in [4.78, 5) is 14.4. The number of nitrogens with one attached hydrogen (secondary N) is 2. The maximum atomic E-state index is 11.1. The van der Waals surface area contributed by atoms with Crippen molar-refractivity contribution in [3.8, 4) is 0 Å². The molecule has 1 aliphatic heterocycles. The van der Waals surface area contributed by atoms with E-state index >= 15 is 0 Å². The van der Waals surface area contributed by atoms with Gasteiger partial charge in [0.15, 0.2) is 0 Å². The summed E-state index contributed by atoms with van der Waals surface area (Å²) in [6.45, 7) is 0.606. The van der Waals surface area contributed by atoms with Crippen LogP contribution in [0.15, 0.2) is 30.0 Å². The van der Waals surface area contributed by atoms with Crippen LogP contribution in [0.3, 0.4) is 0 Å². The molecule has 0 amide bonds. The molecule has 4 heteroatoms. The topological polar surface area (TPSA) is 54.1 Å². The largest absolute Gasteiger partial charge is 0.371 e. The molecule has 0 radical (unpaired) electrons. The van der Waals surface area contributed by atoms with Gasteiger partial charge < -0.3 is 15.0 Å². The van der Waals surface area contributed by atoms with Crippen LogP contribution < -0.4 is 5.32 Å². The van der Waals surface area contributed by atoms with Crippen LogP contribution in [0.1, 0.15) is 17.5 Å². The van der Waals surface area contributed by atoms with Crippen LogP contribution >= 0.6 is 0 Å². The Bertz CT molecular complexity index is 742. The van der Waals surface area contributed by atoms with Gasteiger partial charge in [0, 0.05) is 48.8 Å². The quantitative estimate of drug-likeness (QED) is 0.774. The number of rotatable bonds is 1. The molecule has 2 aromatic rings. The highest BCUT2D eigenvalue weighted by Crippen LogP contribution is 2.46. The molecule has 20 heavy (non-hydrogen) atoms. The first-order chi connectivity index (χ1) is 9.78. The van der Waals surface area contributed by atoms with Crippen molar-refractivity contribution in [3.63, 3.8) is 0 Å². The van der Waals surface area contributed by atoms with E-state index in [9.17, 15) is 4.79 Å². The first kappa shape index (κ1) is 11.9. The van der Waals surface area contributed by atoms with Crippen molar-refractivity contribution in [3.05, 3.63) is 41.1 Å². The Balaban J connectivity index is 2.01. The highest BCUT2D eigenvalue weighted by atomic mass is 16.5. The van der Waals surface area contributed by atoms with Gasteiger partial charge in [0.25, 0.3) is 0 Å². The number of aromatic amines is 1. The number of hydrogen-bond acceptors (Lipinski definition) is 3. The smallest absolute Gasteiger partial charge is 0.125 e. The van der Waals surface area contributed by atoms with E-state index in [0.29, 0.717) is 13.0 Å². The second-order valence-electron chi connectivity index (χ2n) is 5.66. The summed E-state index contributed by atoms with van der Waals surface area (Å²) in [7, 11) is 1.74. The molecule has 4 rings (SSSR count). The van der Waals surface area contributed by atoms with Gasteiger partial charge in [-0.05, 0) is 23.6 Å². The monoisotopic (exact) mass is 268 g/mol. The first-order valence-electron chi connectivity index (χ1n) is 6.89. The third-order valence-corrected chi connectivity index (χ3v) is 4.78. The van der Waals surface area contributed by atoms with Crippen LogP contribution in [0.4, 0.5) is 0 Å². The Labute approximate surface area is 116 Å². The van der Waals surface area contributed by atoms with Crippen molar-refractivity contribution in [2.45, 2.75) is 24.5 Å². The van der Waals surface area contributed by atoms with Gasteiger partial charge in [-0.25, -0.2) is 4.79 Å². The molecule has 2 heterocycles. The van der Waals surface area contributed by atoms with Gasteiger partial charge in [-0.1, -0.05) is 12.1 Å². The van der Waals surface area contributed by atoms with Crippen LogP contribution in [-0.4, -0.2) is 30.6 Å². The van der Waals surface area contributed by atoms with E-state index in [1.165, 1.54) is 16.5 Å². The zero-order chi connectivity index (χ0) is 13.7. The fraction of sp³-hybridized carbons (Fsp3) is 0.375. The summed E-state index contributed by atoms with van der Waals surface area (Å²) in [6, 6.07) is 6.43. The molecule has 1 aliphatic carbocycles. The molecule has 2 atom stereocenters. The van der Waals surface area contributed by atoms with Crippen LogP contribution in [0.5, 0.6) is 0 Å². The Morgan fingerprint density at radius 2 is 2.35 bits per heavy atom. The third kappa shape index (κ3) is 1.36. The first-order valence-corrected chi connectivity index (χ1v) is 6.89. The van der Waals surface area contributed by atoms with Gasteiger partial charge in [-0.15, -0.1) is 0 Å². The molecule has 1 aromatic heterocycles. The lowest BCUT2D eigenvalue weighted by atomic mass is 9.71. The molecule has 0 saturated carbocycles. The number of H-pyrrole nitrogens is 1. The number of hydrogen-bond donors (Lipinski definition) is 2. The van der Waals surface area contributed by atoms with E-state index in [4.69, 9.17) is 4.74 Å². The van der Waals surface area contributed by atoms with Crippen molar-refractivity contribution in [1.29, 1.82) is 0 Å².